The smallest absolute Gasteiger partial charge is 0.328 e. The van der Waals surface area contributed by atoms with Crippen LogP contribution >= 0.6 is 24.6 Å². The molecule has 0 N–H and O–H groups in total. The van der Waals surface area contributed by atoms with Crippen LogP contribution in [-0.2, 0) is 27.8 Å². The summed E-state index contributed by atoms with van der Waals surface area (Å²) < 4.78 is 34.9. The molecule has 0 aromatic carbocycles. The van der Waals surface area contributed by atoms with Crippen molar-refractivity contribution < 1.29 is 27.8 Å². The molecule has 1 aliphatic rings. The molecule has 1 heterocycles. The maximum absolute atomic E-state index is 6.56. The van der Waals surface area contributed by atoms with Crippen molar-refractivity contribution >= 4 is 24.6 Å². The third-order valence-corrected chi connectivity index (χ3v) is 12.4. The summed E-state index contributed by atoms with van der Waals surface area (Å²) in [6, 6.07) is 0. The lowest BCUT2D eigenvalue weighted by molar-refractivity contribution is -0.0835. The summed E-state index contributed by atoms with van der Waals surface area (Å²) in [4.78, 5) is 12.8. The number of rotatable bonds is 24. The minimum atomic E-state index is -2.96. The van der Waals surface area contributed by atoms with E-state index in [2.05, 4.69) is 41.5 Å². The highest BCUT2D eigenvalue weighted by Crippen LogP contribution is 2.79. The van der Waals surface area contributed by atoms with E-state index < -0.39 is 24.6 Å². The molecule has 0 aromatic heterocycles. The second-order valence-corrected chi connectivity index (χ2v) is 14.5. The van der Waals surface area contributed by atoms with E-state index in [1.165, 1.54) is 0 Å². The zero-order valence-electron chi connectivity index (χ0n) is 23.9. The van der Waals surface area contributed by atoms with Crippen LogP contribution in [0.4, 0.5) is 0 Å². The molecular formula is C24H54N3O6P3. The largest absolute Gasteiger partial charge is 0.328 e. The Balaban J connectivity index is 3.50. The predicted molar refractivity (Wildman–Crippen MR) is 152 cm³/mol. The Morgan fingerprint density at radius 1 is 0.556 bits per heavy atom. The summed E-state index contributed by atoms with van der Waals surface area (Å²) in [7, 11) is -5.95. The lowest BCUT2D eigenvalue weighted by Crippen LogP contribution is -2.32. The Hall–Kier alpha value is 0.770. The highest BCUT2D eigenvalue weighted by Gasteiger charge is 2.52. The van der Waals surface area contributed by atoms with E-state index in [0.29, 0.717) is 39.6 Å². The Morgan fingerprint density at radius 3 is 1.53 bits per heavy atom. The maximum atomic E-state index is 6.56. The van der Waals surface area contributed by atoms with Crippen LogP contribution in [0.5, 0.6) is 0 Å². The number of hydrogen-bond acceptors (Lipinski definition) is 9. The van der Waals surface area contributed by atoms with Gasteiger partial charge in [-0.05, 0) is 43.1 Å². The molecule has 1 rings (SSSR count). The van der Waals surface area contributed by atoms with Crippen LogP contribution in [0.3, 0.4) is 0 Å². The van der Waals surface area contributed by atoms with Gasteiger partial charge in [0.2, 0.25) is 0 Å². The fourth-order valence-corrected chi connectivity index (χ4v) is 10.9. The lowest BCUT2D eigenvalue weighted by atomic mass is 10.4. The molecule has 0 aliphatic carbocycles. The van der Waals surface area contributed by atoms with Gasteiger partial charge in [-0.1, -0.05) is 84.7 Å². The molecule has 2 atom stereocenters. The molecule has 9 nitrogen and oxygen atoms in total. The van der Waals surface area contributed by atoms with Gasteiger partial charge in [0.25, 0.3) is 16.9 Å². The molecule has 12 heteroatoms. The monoisotopic (exact) mass is 573 g/mol. The van der Waals surface area contributed by atoms with E-state index in [1.807, 2.05) is 9.21 Å². The Morgan fingerprint density at radius 2 is 1.00 bits per heavy atom. The third-order valence-electron chi connectivity index (χ3n) is 5.18. The van der Waals surface area contributed by atoms with Gasteiger partial charge in [0.15, 0.2) is 0 Å². The Labute approximate surface area is 224 Å². The molecule has 0 saturated carbocycles. The summed E-state index contributed by atoms with van der Waals surface area (Å²) >= 11 is 0. The van der Waals surface area contributed by atoms with Gasteiger partial charge < -0.3 is 18.1 Å². The second kappa shape index (κ2) is 22.6. The summed E-state index contributed by atoms with van der Waals surface area (Å²) in [5.74, 6) is 0. The van der Waals surface area contributed by atoms with Crippen LogP contribution in [0.15, 0.2) is 4.52 Å². The van der Waals surface area contributed by atoms with E-state index in [4.69, 9.17) is 32.3 Å². The predicted octanol–water partition coefficient (Wildman–Crippen LogP) is 9.73. The van der Waals surface area contributed by atoms with Gasteiger partial charge in [0.1, 0.15) is 0 Å². The van der Waals surface area contributed by atoms with Crippen molar-refractivity contribution in [3.8, 4) is 0 Å². The van der Waals surface area contributed by atoms with Crippen molar-refractivity contribution in [2.45, 2.75) is 119 Å². The first-order chi connectivity index (χ1) is 17.6. The molecule has 0 fully saturated rings. The molecular weight excluding hydrogens is 519 g/mol. The van der Waals surface area contributed by atoms with Crippen molar-refractivity contribution in [1.29, 1.82) is 0 Å². The van der Waals surface area contributed by atoms with E-state index in [1.54, 1.807) is 0 Å². The van der Waals surface area contributed by atoms with E-state index in [-0.39, 0.29) is 0 Å². The van der Waals surface area contributed by atoms with Gasteiger partial charge in [-0.15, -0.1) is 0 Å². The maximum Gasteiger partial charge on any atom is 0.328 e. The molecule has 0 radical (unpaired) electrons. The first-order valence-corrected chi connectivity index (χ1v) is 18.1. The van der Waals surface area contributed by atoms with Crippen LogP contribution in [0.25, 0.3) is 0 Å². The van der Waals surface area contributed by atoms with Crippen molar-refractivity contribution in [2.75, 3.05) is 39.6 Å². The average Bonchev–Trinajstić information content (AvgIpc) is 2.87. The molecule has 2 unspecified atom stereocenters. The second-order valence-electron chi connectivity index (χ2n) is 8.71. The standard InChI is InChI=1S/C24H54N3O6P3/c1-7-13-19-28-26-34(30-21-15-9-3)25-36(32-23-17-11-5,33-24-18-12-6)27(29-20-14-8-2)35(26)31-22-16-10-4/h7-24H2,1-6H3. The van der Waals surface area contributed by atoms with Crippen molar-refractivity contribution in [3.63, 3.8) is 0 Å². The quantitative estimate of drug-likeness (QED) is 0.0834. The SMILES string of the molecule is CCCCON1P(OCCCC)N=P(OCCCC)(OCCCC)N(OCCCC)P1OCCCC. The van der Waals surface area contributed by atoms with Gasteiger partial charge in [-0.25, -0.2) is 0 Å². The normalized spacial score (nSPS) is 20.6. The fourth-order valence-electron chi connectivity index (χ4n) is 2.79. The zero-order chi connectivity index (χ0) is 26.5. The van der Waals surface area contributed by atoms with Crippen molar-refractivity contribution in [1.82, 2.24) is 9.21 Å². The minimum Gasteiger partial charge on any atom is -0.328 e. The molecule has 0 bridgehead atoms. The van der Waals surface area contributed by atoms with Crippen molar-refractivity contribution in [3.05, 3.63) is 0 Å². The van der Waals surface area contributed by atoms with Gasteiger partial charge in [-0.2, -0.15) is 4.52 Å². The van der Waals surface area contributed by atoms with Gasteiger partial charge in [0.05, 0.1) is 39.6 Å². The van der Waals surface area contributed by atoms with Crippen LogP contribution in [-0.4, -0.2) is 48.8 Å². The average molecular weight is 574 g/mol. The summed E-state index contributed by atoms with van der Waals surface area (Å²) in [6.45, 7) is 16.4. The van der Waals surface area contributed by atoms with E-state index in [0.717, 1.165) is 77.0 Å². The molecule has 1 aliphatic heterocycles. The fraction of sp³-hybridized carbons (Fsp3) is 1.00. The first-order valence-electron chi connectivity index (χ1n) is 14.3. The van der Waals surface area contributed by atoms with E-state index in [9.17, 15) is 0 Å². The molecule has 0 spiro atoms. The lowest BCUT2D eigenvalue weighted by Gasteiger charge is -2.45. The summed E-state index contributed by atoms with van der Waals surface area (Å²) in [5.41, 5.74) is 0. The number of unbranched alkanes of at least 4 members (excludes halogenated alkanes) is 6. The van der Waals surface area contributed by atoms with Gasteiger partial charge >= 0.3 is 7.66 Å². The van der Waals surface area contributed by atoms with Crippen LogP contribution in [0.2, 0.25) is 0 Å². The summed E-state index contributed by atoms with van der Waals surface area (Å²) in [6.07, 6.45) is 11.9. The molecule has 0 saturated heterocycles. The molecule has 0 amide bonds. The number of hydrogen-bond donors (Lipinski definition) is 0. The summed E-state index contributed by atoms with van der Waals surface area (Å²) in [5, 5.41) is 0. The molecule has 36 heavy (non-hydrogen) atoms. The Kier molecular flexibility index (Phi) is 21.8. The number of nitrogens with zero attached hydrogens (tertiary/aromatic N) is 3. The van der Waals surface area contributed by atoms with Crippen LogP contribution in [0.1, 0.15) is 119 Å². The zero-order valence-corrected chi connectivity index (χ0v) is 26.5. The third kappa shape index (κ3) is 12.7. The van der Waals surface area contributed by atoms with Crippen LogP contribution < -0.4 is 0 Å². The molecule has 0 aromatic rings. The highest BCUT2D eigenvalue weighted by molar-refractivity contribution is 7.78. The first kappa shape index (κ1) is 34.8. The van der Waals surface area contributed by atoms with Gasteiger partial charge in [0, 0.05) is 0 Å². The van der Waals surface area contributed by atoms with Crippen molar-refractivity contribution in [2.24, 2.45) is 4.52 Å². The van der Waals surface area contributed by atoms with Gasteiger partial charge in [-0.3, -0.25) is 9.68 Å². The minimum absolute atomic E-state index is 0.551. The molecule has 216 valence electrons. The van der Waals surface area contributed by atoms with E-state index >= 15 is 0 Å². The Bertz CT molecular complexity index is 565. The van der Waals surface area contributed by atoms with Crippen LogP contribution in [0, 0.1) is 0 Å². The highest BCUT2D eigenvalue weighted by atomic mass is 31.3. The topological polar surface area (TPSA) is 74.2 Å².